The van der Waals surface area contributed by atoms with Crippen LogP contribution in [-0.4, -0.2) is 25.3 Å². The molecule has 2 nitrogen and oxygen atoms in total. The number of ether oxygens (including phenoxy) is 1. The van der Waals surface area contributed by atoms with Crippen LogP contribution in [0.1, 0.15) is 155 Å². The highest BCUT2D eigenvalue weighted by Crippen LogP contribution is 2.20. The Bertz CT molecular complexity index is 307. The van der Waals surface area contributed by atoms with Crippen LogP contribution < -0.4 is 5.32 Å². The van der Waals surface area contributed by atoms with E-state index in [2.05, 4.69) is 19.2 Å². The third kappa shape index (κ3) is 19.1. The number of nitrogens with one attached hydrogen (secondary N) is 1. The molecule has 1 rings (SSSR count). The summed E-state index contributed by atoms with van der Waals surface area (Å²) in [5.74, 6) is 0. The zero-order valence-electron chi connectivity index (χ0n) is 21.4. The van der Waals surface area contributed by atoms with Crippen LogP contribution in [0.3, 0.4) is 0 Å². The Balaban J connectivity index is 0.00000900. The fraction of sp³-hybridized carbons (Fsp3) is 1.00. The average molecular weight is 444 g/mol. The van der Waals surface area contributed by atoms with Gasteiger partial charge in [0.05, 0.1) is 12.7 Å². The lowest BCUT2D eigenvalue weighted by atomic mass is 9.96. The monoisotopic (exact) mass is 443 g/mol. The molecule has 2 atom stereocenters. The van der Waals surface area contributed by atoms with Gasteiger partial charge in [-0.3, -0.25) is 4.70 Å². The zero-order chi connectivity index (χ0) is 21.5. The van der Waals surface area contributed by atoms with E-state index in [-0.39, 0.29) is 4.70 Å². The van der Waals surface area contributed by atoms with Crippen LogP contribution in [0.2, 0.25) is 0 Å². The van der Waals surface area contributed by atoms with Crippen LogP contribution in [0, 0.1) is 0 Å². The second-order valence-corrected chi connectivity index (χ2v) is 9.91. The van der Waals surface area contributed by atoms with Crippen molar-refractivity contribution in [3.8, 4) is 0 Å². The normalized spacial score (nSPS) is 18.8. The zero-order valence-corrected chi connectivity index (χ0v) is 21.4. The van der Waals surface area contributed by atoms with Crippen molar-refractivity contribution in [2.45, 2.75) is 167 Å². The van der Waals surface area contributed by atoms with E-state index in [1.165, 1.54) is 141 Å². The van der Waals surface area contributed by atoms with Crippen molar-refractivity contribution in [2.24, 2.45) is 0 Å². The topological polar surface area (TPSA) is 21.3 Å². The van der Waals surface area contributed by atoms with Crippen LogP contribution in [0.25, 0.3) is 0 Å². The van der Waals surface area contributed by atoms with E-state index in [4.69, 9.17) is 4.74 Å². The Morgan fingerprint density at radius 3 is 1.39 bits per heavy atom. The van der Waals surface area contributed by atoms with Crippen molar-refractivity contribution in [1.29, 1.82) is 0 Å². The lowest BCUT2D eigenvalue weighted by molar-refractivity contribution is -0.0127. The number of hydrogen-bond donors (Lipinski definition) is 1. The predicted octanol–water partition coefficient (Wildman–Crippen LogP) is 9.12. The van der Waals surface area contributed by atoms with Gasteiger partial charge < -0.3 is 10.1 Å². The molecule has 1 heterocycles. The van der Waals surface area contributed by atoms with Crippen LogP contribution in [-0.2, 0) is 4.74 Å². The molecule has 0 saturated carbocycles. The standard InChI is InChI=1S/C28H57NO.FH/c1-3-5-7-9-11-13-15-17-19-21-23-27-28(30-26-25-29-27)24-22-20-18-16-14-12-10-8-6-4-2;/h27-29H,3-26H2,1-2H3;1H. The van der Waals surface area contributed by atoms with Gasteiger partial charge >= 0.3 is 0 Å². The molecule has 1 aliphatic rings. The minimum Gasteiger partial charge on any atom is -0.375 e. The lowest BCUT2D eigenvalue weighted by Gasteiger charge is -2.33. The molecule has 0 amide bonds. The molecular weight excluding hydrogens is 385 g/mol. The summed E-state index contributed by atoms with van der Waals surface area (Å²) >= 11 is 0. The first-order valence-electron chi connectivity index (χ1n) is 14.2. The van der Waals surface area contributed by atoms with Gasteiger partial charge in [-0.25, -0.2) is 0 Å². The van der Waals surface area contributed by atoms with E-state index in [0.29, 0.717) is 12.1 Å². The molecule has 1 aliphatic heterocycles. The number of halogens is 1. The third-order valence-electron chi connectivity index (χ3n) is 7.00. The van der Waals surface area contributed by atoms with Crippen molar-refractivity contribution < 1.29 is 9.44 Å². The quantitative estimate of drug-likeness (QED) is 0.168. The van der Waals surface area contributed by atoms with Crippen LogP contribution in [0.4, 0.5) is 4.70 Å². The average Bonchev–Trinajstić information content (AvgIpc) is 2.77. The summed E-state index contributed by atoms with van der Waals surface area (Å²) in [5, 5.41) is 3.76. The van der Waals surface area contributed by atoms with E-state index >= 15 is 0 Å². The molecule has 1 N–H and O–H groups in total. The summed E-state index contributed by atoms with van der Waals surface area (Å²) in [6.45, 7) is 6.56. The Kier molecular flexibility index (Phi) is 24.4. The summed E-state index contributed by atoms with van der Waals surface area (Å²) in [5.41, 5.74) is 0. The van der Waals surface area contributed by atoms with Crippen LogP contribution in [0.15, 0.2) is 0 Å². The van der Waals surface area contributed by atoms with Crippen molar-refractivity contribution in [3.63, 3.8) is 0 Å². The first-order valence-corrected chi connectivity index (χ1v) is 14.2. The highest BCUT2D eigenvalue weighted by atomic mass is 19.0. The summed E-state index contributed by atoms with van der Waals surface area (Å²) in [7, 11) is 0. The van der Waals surface area contributed by atoms with Gasteiger partial charge in [0.25, 0.3) is 0 Å². The molecule has 31 heavy (non-hydrogen) atoms. The minimum atomic E-state index is 0. The van der Waals surface area contributed by atoms with Gasteiger partial charge in [-0.05, 0) is 12.8 Å². The number of rotatable bonds is 22. The van der Waals surface area contributed by atoms with Crippen molar-refractivity contribution in [2.75, 3.05) is 13.2 Å². The Labute approximate surface area is 195 Å². The van der Waals surface area contributed by atoms with Gasteiger partial charge in [0.1, 0.15) is 0 Å². The highest BCUT2D eigenvalue weighted by Gasteiger charge is 2.24. The number of unbranched alkanes of at least 4 members (excludes halogenated alkanes) is 18. The summed E-state index contributed by atoms with van der Waals surface area (Å²) in [6, 6.07) is 0.617. The molecule has 0 bridgehead atoms. The fourth-order valence-electron chi connectivity index (χ4n) is 4.96. The molecule has 1 saturated heterocycles. The molecule has 1 fully saturated rings. The van der Waals surface area contributed by atoms with Crippen molar-refractivity contribution in [3.05, 3.63) is 0 Å². The van der Waals surface area contributed by atoms with E-state index in [0.717, 1.165) is 13.2 Å². The summed E-state index contributed by atoms with van der Waals surface area (Å²) in [6.07, 6.45) is 31.6. The van der Waals surface area contributed by atoms with Crippen molar-refractivity contribution >= 4 is 0 Å². The molecule has 3 heteroatoms. The molecule has 188 valence electrons. The molecule has 2 unspecified atom stereocenters. The molecule has 0 spiro atoms. The smallest absolute Gasteiger partial charge is 0.0728 e. The fourth-order valence-corrected chi connectivity index (χ4v) is 4.96. The second kappa shape index (κ2) is 24.5. The van der Waals surface area contributed by atoms with Crippen LogP contribution >= 0.6 is 0 Å². The SMILES string of the molecule is CCCCCCCCCCCCC1NCCOC1CCCCCCCCCCCC.F. The number of morpholine rings is 1. The van der Waals surface area contributed by atoms with E-state index in [1.807, 2.05) is 0 Å². The Hall–Kier alpha value is -0.150. The molecule has 0 aliphatic carbocycles. The first-order chi connectivity index (χ1) is 14.9. The minimum absolute atomic E-state index is 0. The van der Waals surface area contributed by atoms with Gasteiger partial charge in [-0.2, -0.15) is 0 Å². The number of hydrogen-bond acceptors (Lipinski definition) is 2. The van der Waals surface area contributed by atoms with Gasteiger partial charge in [-0.1, -0.05) is 142 Å². The van der Waals surface area contributed by atoms with E-state index in [9.17, 15) is 0 Å². The Morgan fingerprint density at radius 2 is 0.935 bits per heavy atom. The maximum Gasteiger partial charge on any atom is 0.0728 e. The van der Waals surface area contributed by atoms with Crippen LogP contribution in [0.5, 0.6) is 0 Å². The lowest BCUT2D eigenvalue weighted by Crippen LogP contribution is -2.48. The summed E-state index contributed by atoms with van der Waals surface area (Å²) < 4.78 is 6.15. The molecule has 0 radical (unpaired) electrons. The molecule has 0 aromatic heterocycles. The second-order valence-electron chi connectivity index (χ2n) is 9.91. The first kappa shape index (κ1) is 30.9. The largest absolute Gasteiger partial charge is 0.375 e. The van der Waals surface area contributed by atoms with E-state index < -0.39 is 0 Å². The van der Waals surface area contributed by atoms with Gasteiger partial charge in [-0.15, -0.1) is 0 Å². The molecule has 0 aromatic rings. The summed E-state index contributed by atoms with van der Waals surface area (Å²) in [4.78, 5) is 0. The van der Waals surface area contributed by atoms with Gasteiger partial charge in [0.15, 0.2) is 0 Å². The molecular formula is C28H58FNO. The predicted molar refractivity (Wildman–Crippen MR) is 137 cm³/mol. The maximum absolute atomic E-state index is 6.15. The molecule has 0 aromatic carbocycles. The van der Waals surface area contributed by atoms with Gasteiger partial charge in [0, 0.05) is 12.6 Å². The third-order valence-corrected chi connectivity index (χ3v) is 7.00. The van der Waals surface area contributed by atoms with Crippen molar-refractivity contribution in [1.82, 2.24) is 5.32 Å². The van der Waals surface area contributed by atoms with E-state index in [1.54, 1.807) is 0 Å². The highest BCUT2D eigenvalue weighted by molar-refractivity contribution is 4.80. The Morgan fingerprint density at radius 1 is 0.548 bits per heavy atom. The maximum atomic E-state index is 6.15. The van der Waals surface area contributed by atoms with Gasteiger partial charge in [0.2, 0.25) is 0 Å².